The van der Waals surface area contributed by atoms with E-state index in [1.165, 1.54) is 0 Å². The fraction of sp³-hybridized carbons (Fsp3) is 1.00. The smallest absolute Gasteiger partial charge is 0.0990 e. The summed E-state index contributed by atoms with van der Waals surface area (Å²) in [6.07, 6.45) is -0.0280. The van der Waals surface area contributed by atoms with Crippen LogP contribution in [0, 0.1) is 0 Å². The summed E-state index contributed by atoms with van der Waals surface area (Å²) in [4.78, 5) is 0. The monoisotopic (exact) mass is 260 g/mol. The quantitative estimate of drug-likeness (QED) is 0.411. The maximum absolute atomic E-state index is 9.63. The molecule has 2 fully saturated rings. The van der Waals surface area contributed by atoms with Crippen LogP contribution in [0.1, 0.15) is 12.8 Å². The lowest BCUT2D eigenvalue weighted by molar-refractivity contribution is 0.0158. The number of aliphatic hydroxyl groups is 3. The fourth-order valence-electron chi connectivity index (χ4n) is 1.99. The van der Waals surface area contributed by atoms with E-state index in [1.54, 1.807) is 0 Å². The van der Waals surface area contributed by atoms with E-state index in [2.05, 4.69) is 5.32 Å². The first-order valence-electron chi connectivity index (χ1n) is 4.60. The minimum absolute atomic E-state index is 0. The van der Waals surface area contributed by atoms with Crippen LogP contribution in [0.25, 0.3) is 0 Å². The van der Waals surface area contributed by atoms with Crippen LogP contribution in [-0.4, -0.2) is 51.8 Å². The van der Waals surface area contributed by atoms with E-state index in [-0.39, 0.29) is 43.0 Å². The van der Waals surface area contributed by atoms with Crippen molar-refractivity contribution in [3.63, 3.8) is 0 Å². The lowest BCUT2D eigenvalue weighted by Gasteiger charge is -2.22. The number of hydrogen-bond acceptors (Lipinski definition) is 5. The van der Waals surface area contributed by atoms with Gasteiger partial charge < -0.3 is 26.4 Å². The van der Waals surface area contributed by atoms with Gasteiger partial charge in [-0.1, -0.05) is 0 Å². The molecule has 2 rings (SSSR count). The highest BCUT2D eigenvalue weighted by Crippen LogP contribution is 2.39. The van der Waals surface area contributed by atoms with E-state index >= 15 is 0 Å². The van der Waals surface area contributed by atoms with Gasteiger partial charge in [-0.3, -0.25) is 0 Å². The minimum atomic E-state index is -0.906. The Bertz CT molecular complexity index is 216. The highest BCUT2D eigenvalue weighted by atomic mass is 35.5. The summed E-state index contributed by atoms with van der Waals surface area (Å²) in [5.74, 6) is 0. The van der Waals surface area contributed by atoms with Crippen LogP contribution in [0.2, 0.25) is 0 Å². The maximum Gasteiger partial charge on any atom is 0.0990 e. The summed E-state index contributed by atoms with van der Waals surface area (Å²) < 4.78 is 0. The summed E-state index contributed by atoms with van der Waals surface area (Å²) in [7, 11) is 0. The Morgan fingerprint density at radius 2 is 1.73 bits per heavy atom. The predicted octanol–water partition coefficient (Wildman–Crippen LogP) is -1.62. The zero-order chi connectivity index (χ0) is 9.64. The Morgan fingerprint density at radius 1 is 1.20 bits per heavy atom. The Kier molecular flexibility index (Phi) is 5.27. The van der Waals surface area contributed by atoms with Crippen LogP contribution in [0.3, 0.4) is 0 Å². The number of rotatable bonds is 2. The van der Waals surface area contributed by atoms with Crippen LogP contribution in [0.15, 0.2) is 0 Å². The molecule has 0 unspecified atom stereocenters. The molecule has 2 aliphatic rings. The third-order valence-electron chi connectivity index (χ3n) is 3.14. The molecule has 1 saturated carbocycles. The Hall–Kier alpha value is 0.380. The van der Waals surface area contributed by atoms with E-state index in [0.717, 1.165) is 12.8 Å². The van der Waals surface area contributed by atoms with E-state index in [9.17, 15) is 10.2 Å². The van der Waals surface area contributed by atoms with Crippen LogP contribution >= 0.6 is 24.8 Å². The second kappa shape index (κ2) is 5.14. The Morgan fingerprint density at radius 3 is 2.07 bits per heavy atom. The Labute approximate surface area is 101 Å². The van der Waals surface area contributed by atoms with Crippen molar-refractivity contribution < 1.29 is 15.3 Å². The second-order valence-corrected chi connectivity index (χ2v) is 4.15. The number of halogens is 2. The van der Waals surface area contributed by atoms with Crippen LogP contribution < -0.4 is 11.1 Å². The van der Waals surface area contributed by atoms with Gasteiger partial charge in [0.2, 0.25) is 0 Å². The second-order valence-electron chi connectivity index (χ2n) is 4.15. The van der Waals surface area contributed by atoms with Crippen molar-refractivity contribution in [1.82, 2.24) is 5.32 Å². The van der Waals surface area contributed by atoms with Gasteiger partial charge in [-0.05, 0) is 12.8 Å². The summed E-state index contributed by atoms with van der Waals surface area (Å²) in [6, 6.07) is -0.722. The van der Waals surface area contributed by atoms with Gasteiger partial charge in [-0.15, -0.1) is 24.8 Å². The van der Waals surface area contributed by atoms with Crippen molar-refractivity contribution >= 4 is 24.8 Å². The number of hydrogen-bond donors (Lipinski definition) is 5. The molecule has 0 aromatic heterocycles. The topological polar surface area (TPSA) is 98.7 Å². The number of nitrogens with one attached hydrogen (secondary N) is 1. The minimum Gasteiger partial charge on any atom is -0.395 e. The molecule has 0 aromatic carbocycles. The van der Waals surface area contributed by atoms with Gasteiger partial charge in [0.1, 0.15) is 0 Å². The molecule has 5 nitrogen and oxygen atoms in total. The lowest BCUT2D eigenvalue weighted by Crippen LogP contribution is -2.50. The molecule has 7 heteroatoms. The van der Waals surface area contributed by atoms with Crippen LogP contribution in [0.4, 0.5) is 0 Å². The van der Waals surface area contributed by atoms with Gasteiger partial charge in [0.25, 0.3) is 0 Å². The van der Waals surface area contributed by atoms with Gasteiger partial charge >= 0.3 is 0 Å². The van der Waals surface area contributed by atoms with E-state index < -0.39 is 18.2 Å². The molecule has 1 aliphatic carbocycles. The van der Waals surface area contributed by atoms with Crippen LogP contribution in [-0.2, 0) is 0 Å². The average molecular weight is 261 g/mol. The zero-order valence-corrected chi connectivity index (χ0v) is 9.80. The molecule has 4 atom stereocenters. The van der Waals surface area contributed by atoms with E-state index in [1.807, 2.05) is 0 Å². The standard InChI is InChI=1S/C8H16N2O3.2ClH/c9-8(1-2-8)7-6(13)5(12)4(3-11)10-7;;/h4-7,10-13H,1-3,9H2;2*1H/t4-,5+,6-,7+;;/m1../s1. The van der Waals surface area contributed by atoms with E-state index in [0.29, 0.717) is 0 Å². The predicted molar refractivity (Wildman–Crippen MR) is 60.5 cm³/mol. The van der Waals surface area contributed by atoms with Gasteiger partial charge in [0.05, 0.1) is 30.9 Å². The lowest BCUT2D eigenvalue weighted by atomic mass is 10.0. The molecule has 0 spiro atoms. The molecule has 0 aromatic rings. The molecule has 1 aliphatic heterocycles. The highest BCUT2D eigenvalue weighted by Gasteiger charge is 2.55. The van der Waals surface area contributed by atoms with E-state index in [4.69, 9.17) is 10.8 Å². The molecular formula is C8H18Cl2N2O3. The van der Waals surface area contributed by atoms with Gasteiger partial charge in [0.15, 0.2) is 0 Å². The molecule has 0 amide bonds. The first-order valence-corrected chi connectivity index (χ1v) is 4.60. The molecule has 1 saturated heterocycles. The van der Waals surface area contributed by atoms with Crippen LogP contribution in [0.5, 0.6) is 0 Å². The fourth-order valence-corrected chi connectivity index (χ4v) is 1.99. The van der Waals surface area contributed by atoms with Crippen molar-refractivity contribution in [2.75, 3.05) is 6.61 Å². The number of nitrogens with two attached hydrogens (primary N) is 1. The molecule has 1 heterocycles. The summed E-state index contributed by atoms with van der Waals surface area (Å²) in [5, 5.41) is 31.0. The zero-order valence-electron chi connectivity index (χ0n) is 8.17. The van der Waals surface area contributed by atoms with Gasteiger partial charge in [-0.25, -0.2) is 0 Å². The SMILES string of the molecule is Cl.Cl.NC1([C@H]2N[C@H](CO)[C@H](O)[C@H]2O)CC1. The summed E-state index contributed by atoms with van der Waals surface area (Å²) in [6.45, 7) is -0.176. The third-order valence-corrected chi connectivity index (χ3v) is 3.14. The summed E-state index contributed by atoms with van der Waals surface area (Å²) in [5.41, 5.74) is 5.54. The van der Waals surface area contributed by atoms with Crippen molar-refractivity contribution in [2.24, 2.45) is 5.73 Å². The van der Waals surface area contributed by atoms with Gasteiger partial charge in [0, 0.05) is 5.54 Å². The molecule has 92 valence electrons. The van der Waals surface area contributed by atoms with Gasteiger partial charge in [-0.2, -0.15) is 0 Å². The normalized spacial score (nSPS) is 41.6. The largest absolute Gasteiger partial charge is 0.395 e. The molecule has 0 bridgehead atoms. The first kappa shape index (κ1) is 15.4. The highest BCUT2D eigenvalue weighted by molar-refractivity contribution is 5.85. The van der Waals surface area contributed by atoms with Crippen molar-refractivity contribution in [3.8, 4) is 0 Å². The first-order chi connectivity index (χ1) is 6.08. The Balaban J connectivity index is 0.000000980. The molecule has 0 radical (unpaired) electrons. The molecule has 15 heavy (non-hydrogen) atoms. The van der Waals surface area contributed by atoms with Crippen molar-refractivity contribution in [3.05, 3.63) is 0 Å². The average Bonchev–Trinajstić information content (AvgIpc) is 2.77. The molecule has 6 N–H and O–H groups in total. The maximum atomic E-state index is 9.63. The van der Waals surface area contributed by atoms with Crippen molar-refractivity contribution in [2.45, 2.75) is 42.7 Å². The number of aliphatic hydroxyl groups excluding tert-OH is 3. The molecular weight excluding hydrogens is 243 g/mol. The third kappa shape index (κ3) is 2.55. The summed E-state index contributed by atoms with van der Waals surface area (Å²) >= 11 is 0. The van der Waals surface area contributed by atoms with Crippen molar-refractivity contribution in [1.29, 1.82) is 0 Å².